The van der Waals surface area contributed by atoms with E-state index in [4.69, 9.17) is 11.6 Å². The lowest BCUT2D eigenvalue weighted by molar-refractivity contribution is 0.0877. The first kappa shape index (κ1) is 15.7. The van der Waals surface area contributed by atoms with Crippen LogP contribution in [0.4, 0.5) is 4.39 Å². The molecule has 0 spiro atoms. The van der Waals surface area contributed by atoms with Gasteiger partial charge in [0.05, 0.1) is 0 Å². The number of piperazine rings is 1. The highest BCUT2D eigenvalue weighted by molar-refractivity contribution is 6.31. The predicted octanol–water partition coefficient (Wildman–Crippen LogP) is 3.69. The molecule has 1 aromatic rings. The normalized spacial score (nSPS) is 24.9. The van der Waals surface area contributed by atoms with E-state index in [0.29, 0.717) is 17.1 Å². The summed E-state index contributed by atoms with van der Waals surface area (Å²) in [5, 5.41) is 4.13. The molecule has 1 heterocycles. The molecule has 0 aromatic heterocycles. The van der Waals surface area contributed by atoms with Gasteiger partial charge >= 0.3 is 0 Å². The van der Waals surface area contributed by atoms with Crippen LogP contribution in [0.3, 0.4) is 0 Å². The van der Waals surface area contributed by atoms with Crippen LogP contribution < -0.4 is 5.32 Å². The largest absolute Gasteiger partial charge is 0.311 e. The molecule has 0 amide bonds. The smallest absolute Gasteiger partial charge is 0.124 e. The van der Waals surface area contributed by atoms with Gasteiger partial charge in [0.15, 0.2) is 0 Å². The highest BCUT2D eigenvalue weighted by atomic mass is 35.5. The third-order valence-electron chi connectivity index (χ3n) is 4.13. The fourth-order valence-electron chi connectivity index (χ4n) is 2.59. The van der Waals surface area contributed by atoms with Gasteiger partial charge in [0, 0.05) is 36.7 Å². The van der Waals surface area contributed by atoms with Gasteiger partial charge in [0.2, 0.25) is 0 Å². The average molecular weight is 299 g/mol. The molecule has 1 N–H and O–H groups in total. The van der Waals surface area contributed by atoms with E-state index in [2.05, 4.69) is 37.9 Å². The van der Waals surface area contributed by atoms with Crippen molar-refractivity contribution in [1.82, 2.24) is 10.2 Å². The van der Waals surface area contributed by atoms with Gasteiger partial charge in [-0.15, -0.1) is 0 Å². The van der Waals surface area contributed by atoms with E-state index in [0.717, 1.165) is 25.2 Å². The Morgan fingerprint density at radius 1 is 1.40 bits per heavy atom. The highest BCUT2D eigenvalue weighted by Crippen LogP contribution is 2.26. The molecule has 4 heteroatoms. The van der Waals surface area contributed by atoms with Gasteiger partial charge in [-0.25, -0.2) is 4.39 Å². The molecule has 0 aliphatic carbocycles. The maximum absolute atomic E-state index is 13.1. The molecule has 0 radical (unpaired) electrons. The first-order valence-electron chi connectivity index (χ1n) is 7.18. The Labute approximate surface area is 126 Å². The van der Waals surface area contributed by atoms with Crippen molar-refractivity contribution in [3.05, 3.63) is 34.6 Å². The van der Waals surface area contributed by atoms with E-state index in [1.807, 2.05) is 0 Å². The number of rotatable bonds is 2. The summed E-state index contributed by atoms with van der Waals surface area (Å²) in [6, 6.07) is 5.58. The van der Waals surface area contributed by atoms with E-state index in [1.54, 1.807) is 6.07 Å². The van der Waals surface area contributed by atoms with Gasteiger partial charge < -0.3 is 5.32 Å². The maximum atomic E-state index is 13.1. The van der Waals surface area contributed by atoms with Crippen molar-refractivity contribution in [2.75, 3.05) is 13.1 Å². The number of halogens is 2. The molecule has 2 rings (SSSR count). The lowest BCUT2D eigenvalue weighted by Gasteiger charge is -2.44. The van der Waals surface area contributed by atoms with Crippen LogP contribution >= 0.6 is 11.6 Å². The number of nitrogens with one attached hydrogen (secondary N) is 1. The molecule has 1 aromatic carbocycles. The third-order valence-corrected chi connectivity index (χ3v) is 4.49. The van der Waals surface area contributed by atoms with Crippen LogP contribution in [0, 0.1) is 11.2 Å². The zero-order chi connectivity index (χ0) is 14.9. The first-order valence-corrected chi connectivity index (χ1v) is 7.56. The third kappa shape index (κ3) is 3.72. The van der Waals surface area contributed by atoms with Crippen LogP contribution in [0.5, 0.6) is 0 Å². The minimum Gasteiger partial charge on any atom is -0.311 e. The van der Waals surface area contributed by atoms with Crippen molar-refractivity contribution in [2.24, 2.45) is 5.41 Å². The quantitative estimate of drug-likeness (QED) is 0.896. The maximum Gasteiger partial charge on any atom is 0.124 e. The van der Waals surface area contributed by atoms with Crippen molar-refractivity contribution in [3.8, 4) is 0 Å². The molecule has 1 fully saturated rings. The van der Waals surface area contributed by atoms with Gasteiger partial charge in [-0.2, -0.15) is 0 Å². The molecular weight excluding hydrogens is 275 g/mol. The minimum atomic E-state index is -0.278. The Kier molecular flexibility index (Phi) is 4.73. The van der Waals surface area contributed by atoms with Gasteiger partial charge in [-0.3, -0.25) is 4.90 Å². The second kappa shape index (κ2) is 6.00. The summed E-state index contributed by atoms with van der Waals surface area (Å²) in [7, 11) is 0. The molecule has 1 aliphatic rings. The molecule has 2 nitrogen and oxygen atoms in total. The lowest BCUT2D eigenvalue weighted by atomic mass is 9.84. The fraction of sp³-hybridized carbons (Fsp3) is 0.625. The second-order valence-electron chi connectivity index (χ2n) is 6.84. The van der Waals surface area contributed by atoms with Gasteiger partial charge in [-0.1, -0.05) is 38.4 Å². The fourth-order valence-corrected chi connectivity index (χ4v) is 2.82. The Balaban J connectivity index is 2.10. The topological polar surface area (TPSA) is 15.3 Å². The molecule has 112 valence electrons. The number of hydrogen-bond donors (Lipinski definition) is 1. The Morgan fingerprint density at radius 3 is 2.70 bits per heavy atom. The van der Waals surface area contributed by atoms with Crippen LogP contribution in [0.2, 0.25) is 5.02 Å². The van der Waals surface area contributed by atoms with E-state index in [-0.39, 0.29) is 11.2 Å². The number of benzene rings is 1. The van der Waals surface area contributed by atoms with Crippen molar-refractivity contribution in [2.45, 2.75) is 46.3 Å². The summed E-state index contributed by atoms with van der Waals surface area (Å²) in [4.78, 5) is 2.42. The molecule has 0 saturated carbocycles. The summed E-state index contributed by atoms with van der Waals surface area (Å²) in [6.45, 7) is 11.7. The number of hydrogen-bond acceptors (Lipinski definition) is 2. The summed E-state index contributed by atoms with van der Waals surface area (Å²) in [5.74, 6) is -0.278. The molecule has 20 heavy (non-hydrogen) atoms. The van der Waals surface area contributed by atoms with E-state index >= 15 is 0 Å². The van der Waals surface area contributed by atoms with E-state index in [9.17, 15) is 4.39 Å². The van der Waals surface area contributed by atoms with E-state index < -0.39 is 0 Å². The van der Waals surface area contributed by atoms with Gasteiger partial charge in [0.25, 0.3) is 0 Å². The highest BCUT2D eigenvalue weighted by Gasteiger charge is 2.32. The first-order chi connectivity index (χ1) is 9.27. The van der Waals surface area contributed by atoms with Crippen molar-refractivity contribution in [3.63, 3.8) is 0 Å². The monoisotopic (exact) mass is 298 g/mol. The Bertz CT molecular complexity index is 470. The molecule has 2 atom stereocenters. The second-order valence-corrected chi connectivity index (χ2v) is 7.25. The Hall–Kier alpha value is -0.640. The molecule has 1 saturated heterocycles. The average Bonchev–Trinajstić information content (AvgIpc) is 2.33. The van der Waals surface area contributed by atoms with Crippen molar-refractivity contribution < 1.29 is 4.39 Å². The van der Waals surface area contributed by atoms with Crippen LogP contribution in [0.25, 0.3) is 0 Å². The molecule has 2 unspecified atom stereocenters. The summed E-state index contributed by atoms with van der Waals surface area (Å²) < 4.78 is 13.1. The van der Waals surface area contributed by atoms with Crippen LogP contribution in [-0.4, -0.2) is 30.1 Å². The SMILES string of the molecule is CC1CNC(C(C)(C)C)CN1Cc1ccc(F)cc1Cl. The lowest BCUT2D eigenvalue weighted by Crippen LogP contribution is -2.59. The zero-order valence-electron chi connectivity index (χ0n) is 12.7. The standard InChI is InChI=1S/C16H24ClFN2/c1-11-8-19-15(16(2,3)4)10-20(11)9-12-5-6-13(18)7-14(12)17/h5-7,11,15,19H,8-10H2,1-4H3. The summed E-state index contributed by atoms with van der Waals surface area (Å²) in [6.07, 6.45) is 0. The van der Waals surface area contributed by atoms with Crippen molar-refractivity contribution >= 4 is 11.6 Å². The Morgan fingerprint density at radius 2 is 2.10 bits per heavy atom. The minimum absolute atomic E-state index is 0.227. The summed E-state index contributed by atoms with van der Waals surface area (Å²) in [5.41, 5.74) is 1.22. The van der Waals surface area contributed by atoms with Crippen molar-refractivity contribution in [1.29, 1.82) is 0 Å². The van der Waals surface area contributed by atoms with Gasteiger partial charge in [-0.05, 0) is 30.0 Å². The van der Waals surface area contributed by atoms with E-state index in [1.165, 1.54) is 12.1 Å². The van der Waals surface area contributed by atoms with Gasteiger partial charge in [0.1, 0.15) is 5.82 Å². The zero-order valence-corrected chi connectivity index (χ0v) is 13.5. The molecule has 0 bridgehead atoms. The van der Waals surface area contributed by atoms with Crippen LogP contribution in [0.1, 0.15) is 33.3 Å². The molecule has 1 aliphatic heterocycles. The molecular formula is C16H24ClFN2. The van der Waals surface area contributed by atoms with Crippen LogP contribution in [0.15, 0.2) is 18.2 Å². The number of nitrogens with zero attached hydrogens (tertiary/aromatic N) is 1. The predicted molar refractivity (Wildman–Crippen MR) is 82.5 cm³/mol. The summed E-state index contributed by atoms with van der Waals surface area (Å²) >= 11 is 6.14. The van der Waals surface area contributed by atoms with Crippen LogP contribution in [-0.2, 0) is 6.54 Å².